The lowest BCUT2D eigenvalue weighted by Crippen LogP contribution is -2.42. The minimum absolute atomic E-state index is 0.318. The molecule has 0 heterocycles. The van der Waals surface area contributed by atoms with E-state index in [0.29, 0.717) is 12.8 Å². The van der Waals surface area contributed by atoms with Crippen LogP contribution >= 0.6 is 0 Å². The molecule has 13 heavy (non-hydrogen) atoms. The second kappa shape index (κ2) is 3.84. The van der Waals surface area contributed by atoms with Crippen molar-refractivity contribution in [3.63, 3.8) is 0 Å². The Balaban J connectivity index is 2.43. The van der Waals surface area contributed by atoms with Crippen LogP contribution in [0.2, 0.25) is 0 Å². The third kappa shape index (κ3) is 3.15. The van der Waals surface area contributed by atoms with Crippen LogP contribution in [0, 0.1) is 0 Å². The van der Waals surface area contributed by atoms with Crippen molar-refractivity contribution in [2.45, 2.75) is 37.6 Å². The molecule has 0 bridgehead atoms. The van der Waals surface area contributed by atoms with E-state index in [2.05, 4.69) is 0 Å². The third-order valence-corrected chi connectivity index (χ3v) is 2.44. The quantitative estimate of drug-likeness (QED) is 0.723. The lowest BCUT2D eigenvalue weighted by molar-refractivity contribution is -0.150. The summed E-state index contributed by atoms with van der Waals surface area (Å²) in [5.41, 5.74) is 0. The molecule has 0 aliphatic heterocycles. The monoisotopic (exact) mass is 197 g/mol. The van der Waals surface area contributed by atoms with Crippen molar-refractivity contribution in [3.8, 4) is 0 Å². The highest BCUT2D eigenvalue weighted by Gasteiger charge is 2.36. The summed E-state index contributed by atoms with van der Waals surface area (Å²) in [7, 11) is 1.41. The van der Waals surface area contributed by atoms with Crippen LogP contribution in [0.15, 0.2) is 0 Å². The normalized spacial score (nSPS) is 30.0. The van der Waals surface area contributed by atoms with E-state index in [0.717, 1.165) is 6.42 Å². The zero-order valence-electron chi connectivity index (χ0n) is 7.51. The molecule has 1 saturated carbocycles. The summed E-state index contributed by atoms with van der Waals surface area (Å²) in [5, 5.41) is 9.35. The maximum absolute atomic E-state index is 12.0. The van der Waals surface area contributed by atoms with E-state index < -0.39 is 18.8 Å². The number of nitrogens with zero attached hydrogens (tertiary/aromatic N) is 1. The molecule has 0 aromatic carbocycles. The highest BCUT2D eigenvalue weighted by atomic mass is 19.4. The highest BCUT2D eigenvalue weighted by Crippen LogP contribution is 2.26. The first-order valence-corrected chi connectivity index (χ1v) is 4.35. The largest absolute Gasteiger partial charge is 0.401 e. The second-order valence-corrected chi connectivity index (χ2v) is 3.60. The molecule has 1 fully saturated rings. The number of hydrogen-bond donors (Lipinski definition) is 1. The molecule has 5 heteroatoms. The van der Waals surface area contributed by atoms with Crippen LogP contribution in [0.3, 0.4) is 0 Å². The molecular weight excluding hydrogens is 183 g/mol. The summed E-state index contributed by atoms with van der Waals surface area (Å²) in [6.45, 7) is -0.936. The predicted molar refractivity (Wildman–Crippen MR) is 42.3 cm³/mol. The maximum atomic E-state index is 12.0. The van der Waals surface area contributed by atoms with Gasteiger partial charge >= 0.3 is 6.18 Å². The Morgan fingerprint density at radius 1 is 1.38 bits per heavy atom. The van der Waals surface area contributed by atoms with Crippen molar-refractivity contribution in [1.82, 2.24) is 4.90 Å². The third-order valence-electron chi connectivity index (χ3n) is 2.44. The molecular formula is C8H14F3NO. The van der Waals surface area contributed by atoms with Gasteiger partial charge < -0.3 is 5.11 Å². The van der Waals surface area contributed by atoms with Gasteiger partial charge in [-0.1, -0.05) is 0 Å². The maximum Gasteiger partial charge on any atom is 0.401 e. The Labute approximate surface area is 75.3 Å². The summed E-state index contributed by atoms with van der Waals surface area (Å²) in [6.07, 6.45) is -2.67. The van der Waals surface area contributed by atoms with Crippen LogP contribution < -0.4 is 0 Å². The molecule has 2 nitrogen and oxygen atoms in total. The van der Waals surface area contributed by atoms with Crippen LogP contribution in [0.1, 0.15) is 19.3 Å². The number of likely N-dealkylation sites (N-methyl/N-ethyl adjacent to an activating group) is 1. The van der Waals surface area contributed by atoms with E-state index >= 15 is 0 Å². The van der Waals surface area contributed by atoms with E-state index in [1.165, 1.54) is 11.9 Å². The molecule has 1 aliphatic carbocycles. The van der Waals surface area contributed by atoms with Crippen molar-refractivity contribution in [2.24, 2.45) is 0 Å². The number of hydrogen-bond acceptors (Lipinski definition) is 2. The number of halogens is 3. The Kier molecular flexibility index (Phi) is 3.18. The molecule has 0 spiro atoms. The van der Waals surface area contributed by atoms with E-state index in [-0.39, 0.29) is 6.04 Å². The molecule has 2 atom stereocenters. The topological polar surface area (TPSA) is 23.5 Å². The van der Waals surface area contributed by atoms with Gasteiger partial charge in [0.1, 0.15) is 0 Å². The number of aliphatic hydroxyl groups excluding tert-OH is 1. The molecule has 0 unspecified atom stereocenters. The molecule has 0 amide bonds. The van der Waals surface area contributed by atoms with Crippen molar-refractivity contribution in [3.05, 3.63) is 0 Å². The van der Waals surface area contributed by atoms with Crippen molar-refractivity contribution in [2.75, 3.05) is 13.6 Å². The summed E-state index contributed by atoms with van der Waals surface area (Å²) in [4.78, 5) is 1.19. The zero-order chi connectivity index (χ0) is 10.1. The van der Waals surface area contributed by atoms with Gasteiger partial charge in [0, 0.05) is 6.04 Å². The molecule has 1 N–H and O–H groups in total. The zero-order valence-corrected chi connectivity index (χ0v) is 7.51. The van der Waals surface area contributed by atoms with Crippen molar-refractivity contribution in [1.29, 1.82) is 0 Å². The van der Waals surface area contributed by atoms with Crippen molar-refractivity contribution >= 4 is 0 Å². The van der Waals surface area contributed by atoms with Gasteiger partial charge in [-0.3, -0.25) is 4.90 Å². The second-order valence-electron chi connectivity index (χ2n) is 3.60. The molecule has 0 aromatic rings. The number of aliphatic hydroxyl groups is 1. The van der Waals surface area contributed by atoms with Gasteiger partial charge in [0.2, 0.25) is 0 Å². The van der Waals surface area contributed by atoms with E-state index in [1.807, 2.05) is 0 Å². The summed E-state index contributed by atoms with van der Waals surface area (Å²) in [6, 6.07) is -0.318. The van der Waals surface area contributed by atoms with E-state index in [9.17, 15) is 18.3 Å². The summed E-state index contributed by atoms with van der Waals surface area (Å²) in [5.74, 6) is 0. The smallest absolute Gasteiger partial charge is 0.391 e. The lowest BCUT2D eigenvalue weighted by atomic mass is 10.2. The van der Waals surface area contributed by atoms with Gasteiger partial charge in [-0.25, -0.2) is 0 Å². The van der Waals surface area contributed by atoms with Gasteiger partial charge in [-0.15, -0.1) is 0 Å². The van der Waals surface area contributed by atoms with Crippen LogP contribution in [-0.4, -0.2) is 41.9 Å². The molecule has 0 aromatic heterocycles. The van der Waals surface area contributed by atoms with Crippen LogP contribution in [0.5, 0.6) is 0 Å². The minimum Gasteiger partial charge on any atom is -0.391 e. The SMILES string of the molecule is CN(CC(F)(F)F)[C@H]1CCC[C@@H]1O. The average molecular weight is 197 g/mol. The lowest BCUT2D eigenvalue weighted by Gasteiger charge is -2.27. The fraction of sp³-hybridized carbons (Fsp3) is 1.00. The summed E-state index contributed by atoms with van der Waals surface area (Å²) < 4.78 is 35.9. The van der Waals surface area contributed by atoms with Gasteiger partial charge in [0.05, 0.1) is 12.6 Å². The first-order valence-electron chi connectivity index (χ1n) is 4.35. The fourth-order valence-corrected chi connectivity index (χ4v) is 1.84. The van der Waals surface area contributed by atoms with Crippen molar-refractivity contribution < 1.29 is 18.3 Å². The Bertz CT molecular complexity index is 171. The number of rotatable bonds is 2. The fourth-order valence-electron chi connectivity index (χ4n) is 1.84. The predicted octanol–water partition coefficient (Wildman–Crippen LogP) is 1.39. The Morgan fingerprint density at radius 2 is 2.00 bits per heavy atom. The standard InChI is InChI=1S/C8H14F3NO/c1-12(5-8(9,10)11)6-3-2-4-7(6)13/h6-7,13H,2-5H2,1H3/t6-,7-/m0/s1. The average Bonchev–Trinajstić information content (AvgIpc) is 2.30. The van der Waals surface area contributed by atoms with E-state index in [4.69, 9.17) is 0 Å². The minimum atomic E-state index is -4.17. The highest BCUT2D eigenvalue weighted by molar-refractivity contribution is 4.84. The van der Waals surface area contributed by atoms with Gasteiger partial charge in [0.25, 0.3) is 0 Å². The molecule has 0 radical (unpaired) electrons. The van der Waals surface area contributed by atoms with Crippen LogP contribution in [0.4, 0.5) is 13.2 Å². The first kappa shape index (κ1) is 10.8. The molecule has 1 aliphatic rings. The molecule has 0 saturated heterocycles. The van der Waals surface area contributed by atoms with Gasteiger partial charge in [-0.05, 0) is 26.3 Å². The summed E-state index contributed by atoms with van der Waals surface area (Å²) >= 11 is 0. The van der Waals surface area contributed by atoms with E-state index in [1.54, 1.807) is 0 Å². The number of alkyl halides is 3. The first-order chi connectivity index (χ1) is 5.90. The Morgan fingerprint density at radius 3 is 2.38 bits per heavy atom. The Hall–Kier alpha value is -0.290. The van der Waals surface area contributed by atoms with Crippen LogP contribution in [0.25, 0.3) is 0 Å². The van der Waals surface area contributed by atoms with Gasteiger partial charge in [-0.2, -0.15) is 13.2 Å². The van der Waals surface area contributed by atoms with Crippen LogP contribution in [-0.2, 0) is 0 Å². The molecule has 78 valence electrons. The molecule has 1 rings (SSSR count). The van der Waals surface area contributed by atoms with Gasteiger partial charge in [0.15, 0.2) is 0 Å².